The van der Waals surface area contributed by atoms with Crippen LogP contribution in [-0.2, 0) is 4.79 Å². The Morgan fingerprint density at radius 1 is 1.53 bits per heavy atom. The predicted octanol–water partition coefficient (Wildman–Crippen LogP) is 2.07. The van der Waals surface area contributed by atoms with E-state index in [2.05, 4.69) is 13.0 Å². The number of amides is 1. The highest BCUT2D eigenvalue weighted by molar-refractivity contribution is 5.78. The average Bonchev–Trinajstić information content (AvgIpc) is 2.34. The van der Waals surface area contributed by atoms with Gasteiger partial charge >= 0.3 is 0 Å². The molecular weight excluding hydrogens is 212 g/mol. The van der Waals surface area contributed by atoms with Crippen LogP contribution in [0.2, 0.25) is 0 Å². The van der Waals surface area contributed by atoms with Crippen LogP contribution in [-0.4, -0.2) is 29.9 Å². The molecule has 3 heteroatoms. The lowest BCUT2D eigenvalue weighted by atomic mass is 9.93. The molecule has 0 aromatic rings. The molecule has 3 nitrogen and oxygen atoms in total. The van der Waals surface area contributed by atoms with Crippen LogP contribution in [0.3, 0.4) is 0 Å². The Kier molecular flexibility index (Phi) is 4.21. The van der Waals surface area contributed by atoms with E-state index in [4.69, 9.17) is 5.73 Å². The van der Waals surface area contributed by atoms with Gasteiger partial charge in [0.15, 0.2) is 0 Å². The Morgan fingerprint density at radius 2 is 2.35 bits per heavy atom. The standard InChI is InChI=1S/C14H24N2O/c1-11-10-16(8-7-13(11)15)14(17)9-12-5-3-2-4-6-12/h5,11,13H,2-4,6-10,15H2,1H3. The molecule has 1 aliphatic heterocycles. The molecule has 2 aliphatic rings. The summed E-state index contributed by atoms with van der Waals surface area (Å²) in [5, 5.41) is 0. The van der Waals surface area contributed by atoms with Crippen LogP contribution in [0.5, 0.6) is 0 Å². The highest BCUT2D eigenvalue weighted by Gasteiger charge is 2.26. The fourth-order valence-electron chi connectivity index (χ4n) is 2.76. The second kappa shape index (κ2) is 5.67. The Balaban J connectivity index is 1.85. The molecule has 96 valence electrons. The van der Waals surface area contributed by atoms with Gasteiger partial charge in [0.2, 0.25) is 5.91 Å². The van der Waals surface area contributed by atoms with E-state index in [-0.39, 0.29) is 6.04 Å². The van der Waals surface area contributed by atoms with Crippen LogP contribution in [0.15, 0.2) is 11.6 Å². The van der Waals surface area contributed by atoms with Gasteiger partial charge in [0.25, 0.3) is 0 Å². The zero-order valence-corrected chi connectivity index (χ0v) is 10.8. The minimum Gasteiger partial charge on any atom is -0.342 e. The summed E-state index contributed by atoms with van der Waals surface area (Å²) in [6.07, 6.45) is 8.67. The first-order chi connectivity index (χ1) is 8.16. The lowest BCUT2D eigenvalue weighted by molar-refractivity contribution is -0.132. The molecule has 0 saturated carbocycles. The van der Waals surface area contributed by atoms with E-state index in [1.54, 1.807) is 0 Å². The number of carbonyl (C=O) groups excluding carboxylic acids is 1. The van der Waals surface area contributed by atoms with Crippen molar-refractivity contribution in [3.05, 3.63) is 11.6 Å². The fraction of sp³-hybridized carbons (Fsp3) is 0.786. The van der Waals surface area contributed by atoms with Crippen molar-refractivity contribution in [1.82, 2.24) is 4.90 Å². The molecule has 1 heterocycles. The Hall–Kier alpha value is -0.830. The van der Waals surface area contributed by atoms with Crippen molar-refractivity contribution in [3.8, 4) is 0 Å². The van der Waals surface area contributed by atoms with Crippen molar-refractivity contribution < 1.29 is 4.79 Å². The molecule has 2 atom stereocenters. The number of allylic oxidation sites excluding steroid dienone is 1. The summed E-state index contributed by atoms with van der Waals surface area (Å²) in [5.74, 6) is 0.741. The summed E-state index contributed by atoms with van der Waals surface area (Å²) < 4.78 is 0. The molecule has 1 amide bonds. The van der Waals surface area contributed by atoms with Crippen molar-refractivity contribution in [1.29, 1.82) is 0 Å². The maximum atomic E-state index is 12.2. The lowest BCUT2D eigenvalue weighted by Crippen LogP contribution is -2.48. The first-order valence-electron chi connectivity index (χ1n) is 6.88. The smallest absolute Gasteiger partial charge is 0.226 e. The second-order valence-corrected chi connectivity index (χ2v) is 5.55. The maximum Gasteiger partial charge on any atom is 0.226 e. The first-order valence-corrected chi connectivity index (χ1v) is 6.88. The van der Waals surface area contributed by atoms with E-state index >= 15 is 0 Å². The van der Waals surface area contributed by atoms with Gasteiger partial charge in [-0.1, -0.05) is 18.6 Å². The van der Waals surface area contributed by atoms with Crippen LogP contribution in [0.4, 0.5) is 0 Å². The van der Waals surface area contributed by atoms with Gasteiger partial charge in [0, 0.05) is 25.6 Å². The van der Waals surface area contributed by atoms with Gasteiger partial charge in [-0.05, 0) is 38.0 Å². The van der Waals surface area contributed by atoms with Gasteiger partial charge in [-0.3, -0.25) is 4.79 Å². The minimum absolute atomic E-state index is 0.271. The molecule has 1 fully saturated rings. The molecule has 2 rings (SSSR count). The van der Waals surface area contributed by atoms with Crippen LogP contribution in [0, 0.1) is 5.92 Å². The molecule has 2 N–H and O–H groups in total. The first kappa shape index (κ1) is 12.6. The summed E-state index contributed by atoms with van der Waals surface area (Å²) in [7, 11) is 0. The normalized spacial score (nSPS) is 30.0. The quantitative estimate of drug-likeness (QED) is 0.746. The van der Waals surface area contributed by atoms with Crippen LogP contribution < -0.4 is 5.73 Å². The number of rotatable bonds is 2. The predicted molar refractivity (Wildman–Crippen MR) is 69.5 cm³/mol. The monoisotopic (exact) mass is 236 g/mol. The van der Waals surface area contributed by atoms with Gasteiger partial charge in [0.05, 0.1) is 0 Å². The molecule has 0 spiro atoms. The van der Waals surface area contributed by atoms with Crippen molar-refractivity contribution in [2.45, 2.75) is 51.5 Å². The largest absolute Gasteiger partial charge is 0.342 e. The number of hydrogen-bond donors (Lipinski definition) is 1. The maximum absolute atomic E-state index is 12.2. The molecule has 0 radical (unpaired) electrons. The summed E-state index contributed by atoms with van der Waals surface area (Å²) in [4.78, 5) is 14.2. The molecule has 1 saturated heterocycles. The SMILES string of the molecule is CC1CN(C(=O)CC2=CCCCC2)CCC1N. The molecule has 17 heavy (non-hydrogen) atoms. The van der Waals surface area contributed by atoms with Crippen molar-refractivity contribution in [3.63, 3.8) is 0 Å². The number of hydrogen-bond acceptors (Lipinski definition) is 2. The third kappa shape index (κ3) is 3.32. The van der Waals surface area contributed by atoms with E-state index < -0.39 is 0 Å². The lowest BCUT2D eigenvalue weighted by Gasteiger charge is -2.35. The summed E-state index contributed by atoms with van der Waals surface area (Å²) >= 11 is 0. The Labute approximate surface area is 104 Å². The van der Waals surface area contributed by atoms with Crippen molar-refractivity contribution in [2.75, 3.05) is 13.1 Å². The van der Waals surface area contributed by atoms with E-state index in [9.17, 15) is 4.79 Å². The van der Waals surface area contributed by atoms with E-state index in [0.717, 1.165) is 32.4 Å². The number of piperidine rings is 1. The minimum atomic E-state index is 0.271. The summed E-state index contributed by atoms with van der Waals surface area (Å²) in [5.41, 5.74) is 7.33. The van der Waals surface area contributed by atoms with E-state index in [1.807, 2.05) is 4.90 Å². The molecule has 2 unspecified atom stereocenters. The fourth-order valence-corrected chi connectivity index (χ4v) is 2.76. The van der Waals surface area contributed by atoms with Gasteiger partial charge < -0.3 is 10.6 Å². The van der Waals surface area contributed by atoms with Crippen LogP contribution >= 0.6 is 0 Å². The molecular formula is C14H24N2O. The third-order valence-electron chi connectivity index (χ3n) is 4.09. The highest BCUT2D eigenvalue weighted by atomic mass is 16.2. The molecule has 0 bridgehead atoms. The highest BCUT2D eigenvalue weighted by Crippen LogP contribution is 2.22. The topological polar surface area (TPSA) is 46.3 Å². The second-order valence-electron chi connectivity index (χ2n) is 5.55. The van der Waals surface area contributed by atoms with Crippen LogP contribution in [0.25, 0.3) is 0 Å². The van der Waals surface area contributed by atoms with E-state index in [0.29, 0.717) is 18.2 Å². The molecule has 0 aromatic heterocycles. The molecule has 0 aromatic carbocycles. The number of likely N-dealkylation sites (tertiary alicyclic amines) is 1. The number of nitrogens with zero attached hydrogens (tertiary/aromatic N) is 1. The van der Waals surface area contributed by atoms with Crippen molar-refractivity contribution >= 4 is 5.91 Å². The number of carbonyl (C=O) groups is 1. The van der Waals surface area contributed by atoms with Crippen LogP contribution in [0.1, 0.15) is 45.4 Å². The average molecular weight is 236 g/mol. The third-order valence-corrected chi connectivity index (χ3v) is 4.09. The molecule has 1 aliphatic carbocycles. The summed E-state index contributed by atoms with van der Waals surface area (Å²) in [6.45, 7) is 3.83. The van der Waals surface area contributed by atoms with E-state index in [1.165, 1.54) is 18.4 Å². The zero-order valence-electron chi connectivity index (χ0n) is 10.8. The summed E-state index contributed by atoms with van der Waals surface area (Å²) in [6, 6.07) is 0.271. The number of nitrogens with two attached hydrogens (primary N) is 1. The van der Waals surface area contributed by atoms with Crippen molar-refractivity contribution in [2.24, 2.45) is 11.7 Å². The Morgan fingerprint density at radius 3 is 3.00 bits per heavy atom. The van der Waals surface area contributed by atoms with Gasteiger partial charge in [-0.25, -0.2) is 0 Å². The van der Waals surface area contributed by atoms with Gasteiger partial charge in [-0.15, -0.1) is 0 Å². The zero-order chi connectivity index (χ0) is 12.3. The Bertz CT molecular complexity index is 311. The van der Waals surface area contributed by atoms with Gasteiger partial charge in [-0.2, -0.15) is 0 Å². The van der Waals surface area contributed by atoms with Gasteiger partial charge in [0.1, 0.15) is 0 Å².